The fourth-order valence-electron chi connectivity index (χ4n) is 1.75. The number of hydrogen-bond donors (Lipinski definition) is 1. The molecule has 1 atom stereocenters. The summed E-state index contributed by atoms with van der Waals surface area (Å²) in [7, 11) is 0. The summed E-state index contributed by atoms with van der Waals surface area (Å²) in [5, 5.41) is 10.2. The number of hydrogen-bond acceptors (Lipinski definition) is 2. The molecular formula is C11H14ClNO. The highest BCUT2D eigenvalue weighted by molar-refractivity contribution is 6.31. The largest absolute Gasteiger partial charge is 0.391 e. The fraction of sp³-hybridized carbons (Fsp3) is 0.455. The van der Waals surface area contributed by atoms with Crippen LogP contribution in [0.2, 0.25) is 5.02 Å². The number of nitrogens with zero attached hydrogens (tertiary/aromatic N) is 1. The number of aryl methyl sites for hydroxylation is 1. The van der Waals surface area contributed by atoms with Gasteiger partial charge in [0.1, 0.15) is 0 Å². The van der Waals surface area contributed by atoms with Crippen LogP contribution < -0.4 is 4.90 Å². The van der Waals surface area contributed by atoms with E-state index in [1.54, 1.807) is 0 Å². The molecule has 1 aliphatic rings. The molecule has 14 heavy (non-hydrogen) atoms. The number of benzene rings is 1. The van der Waals surface area contributed by atoms with E-state index in [0.717, 1.165) is 35.8 Å². The van der Waals surface area contributed by atoms with E-state index < -0.39 is 0 Å². The van der Waals surface area contributed by atoms with Crippen LogP contribution >= 0.6 is 11.6 Å². The second-order valence-corrected chi connectivity index (χ2v) is 4.23. The number of β-amino-alcohol motifs (C(OH)–C–C–N with tert-alkyl or cyclic N) is 1. The molecule has 0 unspecified atom stereocenters. The predicted molar refractivity (Wildman–Crippen MR) is 59.0 cm³/mol. The maximum atomic E-state index is 9.41. The van der Waals surface area contributed by atoms with Gasteiger partial charge in [-0.15, -0.1) is 0 Å². The summed E-state index contributed by atoms with van der Waals surface area (Å²) < 4.78 is 0. The topological polar surface area (TPSA) is 23.5 Å². The Kier molecular flexibility index (Phi) is 2.66. The second kappa shape index (κ2) is 3.79. The summed E-state index contributed by atoms with van der Waals surface area (Å²) in [5.41, 5.74) is 2.20. The van der Waals surface area contributed by atoms with Crippen LogP contribution in [0, 0.1) is 6.92 Å². The molecule has 1 aromatic carbocycles. The Hall–Kier alpha value is -0.730. The van der Waals surface area contributed by atoms with Crippen molar-refractivity contribution in [1.82, 2.24) is 0 Å². The first-order valence-electron chi connectivity index (χ1n) is 4.86. The molecule has 1 heterocycles. The average Bonchev–Trinajstić information content (AvgIpc) is 2.57. The number of aliphatic hydroxyl groups is 1. The van der Waals surface area contributed by atoms with Crippen molar-refractivity contribution < 1.29 is 5.11 Å². The van der Waals surface area contributed by atoms with Crippen LogP contribution in [0.15, 0.2) is 18.2 Å². The zero-order valence-electron chi connectivity index (χ0n) is 8.20. The van der Waals surface area contributed by atoms with Crippen molar-refractivity contribution in [2.75, 3.05) is 18.0 Å². The van der Waals surface area contributed by atoms with Gasteiger partial charge in [-0.1, -0.05) is 17.7 Å². The Morgan fingerprint density at radius 2 is 2.29 bits per heavy atom. The SMILES string of the molecule is Cc1ccc(N2CC[C@@H](O)C2)cc1Cl. The molecule has 0 aromatic heterocycles. The maximum absolute atomic E-state index is 9.41. The van der Waals surface area contributed by atoms with Gasteiger partial charge in [0, 0.05) is 23.8 Å². The van der Waals surface area contributed by atoms with Gasteiger partial charge in [0.05, 0.1) is 6.10 Å². The molecule has 76 valence electrons. The zero-order valence-corrected chi connectivity index (χ0v) is 8.96. The van der Waals surface area contributed by atoms with E-state index in [0.29, 0.717) is 0 Å². The van der Waals surface area contributed by atoms with E-state index in [-0.39, 0.29) is 6.10 Å². The van der Waals surface area contributed by atoms with Crippen molar-refractivity contribution in [3.05, 3.63) is 28.8 Å². The zero-order chi connectivity index (χ0) is 10.1. The lowest BCUT2D eigenvalue weighted by molar-refractivity contribution is 0.198. The normalized spacial score (nSPS) is 21.6. The molecule has 0 radical (unpaired) electrons. The first kappa shape index (κ1) is 9.81. The summed E-state index contributed by atoms with van der Waals surface area (Å²) in [6, 6.07) is 6.04. The lowest BCUT2D eigenvalue weighted by atomic mass is 10.2. The number of aliphatic hydroxyl groups excluding tert-OH is 1. The quantitative estimate of drug-likeness (QED) is 0.770. The lowest BCUT2D eigenvalue weighted by Crippen LogP contribution is -2.20. The molecule has 1 saturated heterocycles. The van der Waals surface area contributed by atoms with Gasteiger partial charge in [0.15, 0.2) is 0 Å². The third kappa shape index (κ3) is 1.86. The van der Waals surface area contributed by atoms with Gasteiger partial charge in [-0.25, -0.2) is 0 Å². The minimum Gasteiger partial charge on any atom is -0.391 e. The Labute approximate surface area is 89.1 Å². The van der Waals surface area contributed by atoms with Crippen LogP contribution in [-0.2, 0) is 0 Å². The number of rotatable bonds is 1. The fourth-order valence-corrected chi connectivity index (χ4v) is 1.93. The Bertz CT molecular complexity index is 340. The van der Waals surface area contributed by atoms with Crippen LogP contribution in [-0.4, -0.2) is 24.3 Å². The molecule has 0 spiro atoms. The van der Waals surface area contributed by atoms with Gasteiger partial charge in [-0.05, 0) is 31.0 Å². The molecule has 2 nitrogen and oxygen atoms in total. The van der Waals surface area contributed by atoms with Crippen LogP contribution in [0.25, 0.3) is 0 Å². The predicted octanol–water partition coefficient (Wildman–Crippen LogP) is 2.22. The molecule has 1 fully saturated rings. The average molecular weight is 212 g/mol. The Morgan fingerprint density at radius 1 is 1.50 bits per heavy atom. The van der Waals surface area contributed by atoms with Crippen molar-refractivity contribution in [2.45, 2.75) is 19.4 Å². The standard InChI is InChI=1S/C11H14ClNO/c1-8-2-3-9(6-11(8)12)13-5-4-10(14)7-13/h2-3,6,10,14H,4-5,7H2,1H3/t10-/m1/s1. The van der Waals surface area contributed by atoms with Crippen LogP contribution in [0.3, 0.4) is 0 Å². The highest BCUT2D eigenvalue weighted by Gasteiger charge is 2.20. The molecule has 0 amide bonds. The molecule has 2 rings (SSSR count). The molecule has 0 bridgehead atoms. The van der Waals surface area contributed by atoms with Gasteiger partial charge in [0.2, 0.25) is 0 Å². The molecule has 1 N–H and O–H groups in total. The van der Waals surface area contributed by atoms with Crippen LogP contribution in [0.5, 0.6) is 0 Å². The van der Waals surface area contributed by atoms with Crippen molar-refractivity contribution in [3.8, 4) is 0 Å². The van der Waals surface area contributed by atoms with Gasteiger partial charge in [-0.3, -0.25) is 0 Å². The molecule has 0 saturated carbocycles. The van der Waals surface area contributed by atoms with Gasteiger partial charge >= 0.3 is 0 Å². The molecule has 1 aromatic rings. The van der Waals surface area contributed by atoms with Crippen molar-refractivity contribution in [2.24, 2.45) is 0 Å². The Morgan fingerprint density at radius 3 is 2.86 bits per heavy atom. The van der Waals surface area contributed by atoms with Gasteiger partial charge in [-0.2, -0.15) is 0 Å². The number of anilines is 1. The van der Waals surface area contributed by atoms with Crippen molar-refractivity contribution in [3.63, 3.8) is 0 Å². The summed E-state index contributed by atoms with van der Waals surface area (Å²) in [4.78, 5) is 2.16. The third-order valence-electron chi connectivity index (χ3n) is 2.68. The van der Waals surface area contributed by atoms with Crippen LogP contribution in [0.4, 0.5) is 5.69 Å². The van der Waals surface area contributed by atoms with E-state index in [9.17, 15) is 5.11 Å². The highest BCUT2D eigenvalue weighted by atomic mass is 35.5. The summed E-state index contributed by atoms with van der Waals surface area (Å²) in [6.07, 6.45) is 0.668. The highest BCUT2D eigenvalue weighted by Crippen LogP contribution is 2.25. The smallest absolute Gasteiger partial charge is 0.0731 e. The van der Waals surface area contributed by atoms with E-state index >= 15 is 0 Å². The first-order chi connectivity index (χ1) is 6.66. The van der Waals surface area contributed by atoms with Crippen LogP contribution in [0.1, 0.15) is 12.0 Å². The summed E-state index contributed by atoms with van der Waals surface area (Å²) in [6.45, 7) is 3.63. The third-order valence-corrected chi connectivity index (χ3v) is 3.09. The van der Waals surface area contributed by atoms with E-state index in [4.69, 9.17) is 11.6 Å². The van der Waals surface area contributed by atoms with E-state index in [2.05, 4.69) is 11.0 Å². The minimum absolute atomic E-state index is 0.185. The molecule has 3 heteroatoms. The first-order valence-corrected chi connectivity index (χ1v) is 5.24. The minimum atomic E-state index is -0.185. The maximum Gasteiger partial charge on any atom is 0.0731 e. The second-order valence-electron chi connectivity index (χ2n) is 3.82. The van der Waals surface area contributed by atoms with Crippen molar-refractivity contribution >= 4 is 17.3 Å². The van der Waals surface area contributed by atoms with E-state index in [1.807, 2.05) is 19.1 Å². The number of halogens is 1. The summed E-state index contributed by atoms with van der Waals surface area (Å²) >= 11 is 6.04. The summed E-state index contributed by atoms with van der Waals surface area (Å²) in [5.74, 6) is 0. The Balaban J connectivity index is 2.20. The molecular weight excluding hydrogens is 198 g/mol. The van der Waals surface area contributed by atoms with E-state index in [1.165, 1.54) is 0 Å². The lowest BCUT2D eigenvalue weighted by Gasteiger charge is -2.18. The van der Waals surface area contributed by atoms with Gasteiger partial charge in [0.25, 0.3) is 0 Å². The molecule has 0 aliphatic carbocycles. The molecule has 1 aliphatic heterocycles. The van der Waals surface area contributed by atoms with Crippen molar-refractivity contribution in [1.29, 1.82) is 0 Å². The monoisotopic (exact) mass is 211 g/mol. The van der Waals surface area contributed by atoms with Gasteiger partial charge < -0.3 is 10.0 Å².